The molecule has 0 aliphatic heterocycles. The lowest BCUT2D eigenvalue weighted by Crippen LogP contribution is -2.34. The Morgan fingerprint density at radius 2 is 0.917 bits per heavy atom. The highest BCUT2D eigenvalue weighted by atomic mass is 31.2. The largest absolute Gasteiger partial charge is 0.480 e. The summed E-state index contributed by atoms with van der Waals surface area (Å²) in [7, 11) is -4.62. The molecular weight excluding hydrogens is 778 g/mol. The van der Waals surface area contributed by atoms with Crippen molar-refractivity contribution in [2.24, 2.45) is 5.73 Å². The highest BCUT2D eigenvalue weighted by molar-refractivity contribution is 7.47. The van der Waals surface area contributed by atoms with E-state index in [0.717, 1.165) is 51.4 Å². The molecule has 0 heterocycles. The quantitative estimate of drug-likeness (QED) is 0.0233. The van der Waals surface area contributed by atoms with Crippen molar-refractivity contribution in [3.05, 3.63) is 36.5 Å². The Hall–Kier alpha value is -1.81. The van der Waals surface area contributed by atoms with Crippen molar-refractivity contribution in [3.63, 3.8) is 0 Å². The number of allylic oxidation sites excluding steroid dienone is 6. The number of ether oxygens (including phenoxy) is 2. The van der Waals surface area contributed by atoms with Gasteiger partial charge in [0.15, 0.2) is 0 Å². The van der Waals surface area contributed by atoms with Gasteiger partial charge in [0.2, 0.25) is 0 Å². The van der Waals surface area contributed by atoms with Crippen LogP contribution in [0.4, 0.5) is 0 Å². The van der Waals surface area contributed by atoms with E-state index in [4.69, 9.17) is 29.4 Å². The number of esters is 1. The molecule has 3 atom stereocenters. The van der Waals surface area contributed by atoms with Gasteiger partial charge in [-0.25, -0.2) is 4.57 Å². The summed E-state index contributed by atoms with van der Waals surface area (Å²) in [5.74, 6) is -1.78. The van der Waals surface area contributed by atoms with Crippen molar-refractivity contribution < 1.29 is 42.7 Å². The fourth-order valence-electron chi connectivity index (χ4n) is 6.85. The number of carboxylic acid groups (broad SMARTS) is 1. The van der Waals surface area contributed by atoms with E-state index < -0.39 is 45.1 Å². The number of carboxylic acids is 1. The molecule has 0 amide bonds. The number of phosphoric ester groups is 1. The zero-order valence-corrected chi connectivity index (χ0v) is 39.5. The number of carbonyl (C=O) groups is 2. The minimum absolute atomic E-state index is 0.0129. The maximum atomic E-state index is 12.7. The lowest BCUT2D eigenvalue weighted by Gasteiger charge is -2.20. The van der Waals surface area contributed by atoms with Crippen LogP contribution < -0.4 is 5.73 Å². The second kappa shape index (κ2) is 45.2. The Morgan fingerprint density at radius 3 is 1.40 bits per heavy atom. The summed E-state index contributed by atoms with van der Waals surface area (Å²) in [5, 5.41) is 8.92. The third-order valence-electron chi connectivity index (χ3n) is 10.7. The van der Waals surface area contributed by atoms with Crippen molar-refractivity contribution in [1.82, 2.24) is 0 Å². The van der Waals surface area contributed by atoms with Crippen molar-refractivity contribution in [3.8, 4) is 0 Å². The Balaban J connectivity index is 4.17. The van der Waals surface area contributed by atoms with Crippen LogP contribution in [0.2, 0.25) is 0 Å². The SMILES string of the molecule is CCCCC/C=C\C/C=C\C/C=C\CCCCCCCCCOCC(COP(=O)(O)OCC(N)C(=O)O)OC(=O)CCCCCCCCCCCCCCCCCCCC. The van der Waals surface area contributed by atoms with Crippen molar-refractivity contribution in [2.75, 3.05) is 26.4 Å². The highest BCUT2D eigenvalue weighted by Crippen LogP contribution is 2.43. The van der Waals surface area contributed by atoms with Gasteiger partial charge >= 0.3 is 19.8 Å². The number of phosphoric acid groups is 1. The molecule has 10 nitrogen and oxygen atoms in total. The molecule has 0 aliphatic rings. The summed E-state index contributed by atoms with van der Waals surface area (Å²) in [5.41, 5.74) is 5.37. The number of aliphatic carboxylic acids is 1. The first-order chi connectivity index (χ1) is 29.2. The molecule has 3 unspecified atom stereocenters. The number of hydrogen-bond acceptors (Lipinski definition) is 8. The molecule has 0 aliphatic carbocycles. The molecule has 0 bridgehead atoms. The van der Waals surface area contributed by atoms with Crippen LogP contribution in [0, 0.1) is 0 Å². The second-order valence-corrected chi connectivity index (χ2v) is 18.1. The molecule has 0 saturated carbocycles. The molecular formula is C49H92NO9P. The molecule has 0 aromatic carbocycles. The van der Waals surface area contributed by atoms with Gasteiger partial charge in [-0.1, -0.05) is 204 Å². The third kappa shape index (κ3) is 44.3. The fourth-order valence-corrected chi connectivity index (χ4v) is 7.63. The van der Waals surface area contributed by atoms with E-state index in [2.05, 4.69) is 50.3 Å². The number of nitrogens with two attached hydrogens (primary N) is 1. The zero-order valence-electron chi connectivity index (χ0n) is 38.6. The van der Waals surface area contributed by atoms with E-state index in [1.165, 1.54) is 148 Å². The van der Waals surface area contributed by atoms with E-state index >= 15 is 0 Å². The smallest absolute Gasteiger partial charge is 0.472 e. The highest BCUT2D eigenvalue weighted by Gasteiger charge is 2.27. The normalized spacial score (nSPS) is 14.1. The Bertz CT molecular complexity index is 1100. The maximum Gasteiger partial charge on any atom is 0.472 e. The van der Waals surface area contributed by atoms with Gasteiger partial charge in [0.05, 0.1) is 19.8 Å². The van der Waals surface area contributed by atoms with Gasteiger partial charge in [-0.15, -0.1) is 0 Å². The molecule has 0 fully saturated rings. The first-order valence-corrected chi connectivity index (χ1v) is 26.0. The van der Waals surface area contributed by atoms with E-state index in [1.807, 2.05) is 0 Å². The van der Waals surface area contributed by atoms with Crippen molar-refractivity contribution in [2.45, 2.75) is 238 Å². The van der Waals surface area contributed by atoms with Gasteiger partial charge < -0.3 is 25.2 Å². The summed E-state index contributed by atoms with van der Waals surface area (Å²) in [6.45, 7) is 3.87. The standard InChI is InChI=1S/C49H92NO9P/c1-3-5-7-9-11-13-15-17-19-21-23-24-26-28-30-32-34-36-38-40-42-56-43-46(44-57-60(54,55)58-45-47(50)49(52)53)59-48(51)41-39-37-35-33-31-29-27-25-22-20-18-16-14-12-10-8-6-4-2/h11,13,17,19,23-24,46-47H,3-10,12,14-16,18,20-22,25-45,50H2,1-2H3,(H,52,53)(H,54,55)/b13-11-,19-17-,24-23-. The molecule has 0 aromatic heterocycles. The Morgan fingerprint density at radius 1 is 0.533 bits per heavy atom. The first-order valence-electron chi connectivity index (χ1n) is 24.5. The van der Waals surface area contributed by atoms with Crippen LogP contribution in [0.3, 0.4) is 0 Å². The van der Waals surface area contributed by atoms with Crippen molar-refractivity contribution in [1.29, 1.82) is 0 Å². The molecule has 4 N–H and O–H groups in total. The summed E-state index contributed by atoms with van der Waals surface area (Å²) in [6.07, 6.45) is 51.9. The second-order valence-electron chi connectivity index (χ2n) is 16.6. The minimum atomic E-state index is -4.62. The minimum Gasteiger partial charge on any atom is -0.480 e. The van der Waals surface area contributed by atoms with E-state index in [-0.39, 0.29) is 13.0 Å². The van der Waals surface area contributed by atoms with Crippen LogP contribution in [0.1, 0.15) is 226 Å². The average Bonchev–Trinajstić information content (AvgIpc) is 3.23. The molecule has 0 rings (SSSR count). The summed E-state index contributed by atoms with van der Waals surface area (Å²) in [6, 6.07) is -1.47. The zero-order chi connectivity index (χ0) is 44.0. The van der Waals surface area contributed by atoms with Gasteiger partial charge in [0.25, 0.3) is 0 Å². The van der Waals surface area contributed by atoms with Crippen molar-refractivity contribution >= 4 is 19.8 Å². The molecule has 0 saturated heterocycles. The molecule has 0 radical (unpaired) electrons. The van der Waals surface area contributed by atoms with Gasteiger partial charge in [-0.05, 0) is 51.4 Å². The molecule has 0 aromatic rings. The molecule has 60 heavy (non-hydrogen) atoms. The van der Waals surface area contributed by atoms with Gasteiger partial charge in [0, 0.05) is 13.0 Å². The molecule has 11 heteroatoms. The number of carbonyl (C=O) groups excluding carboxylic acids is 1. The maximum absolute atomic E-state index is 12.7. The van der Waals surface area contributed by atoms with Crippen LogP contribution in [-0.2, 0) is 32.7 Å². The summed E-state index contributed by atoms with van der Waals surface area (Å²) in [4.78, 5) is 33.6. The summed E-state index contributed by atoms with van der Waals surface area (Å²) < 4.78 is 33.5. The number of unbranched alkanes of at least 4 members (excludes halogenated alkanes) is 27. The van der Waals surface area contributed by atoms with E-state index in [0.29, 0.717) is 13.0 Å². The van der Waals surface area contributed by atoms with Gasteiger partial charge in [-0.2, -0.15) is 0 Å². The lowest BCUT2D eigenvalue weighted by atomic mass is 10.0. The van der Waals surface area contributed by atoms with Crippen LogP contribution >= 0.6 is 7.82 Å². The predicted octanol–water partition coefficient (Wildman–Crippen LogP) is 14.0. The van der Waals surface area contributed by atoms with Crippen LogP contribution in [0.5, 0.6) is 0 Å². The monoisotopic (exact) mass is 870 g/mol. The topological polar surface area (TPSA) is 155 Å². The van der Waals surface area contributed by atoms with Gasteiger partial charge in [-0.3, -0.25) is 18.6 Å². The first kappa shape index (κ1) is 58.2. The van der Waals surface area contributed by atoms with Gasteiger partial charge in [0.1, 0.15) is 12.1 Å². The Kier molecular flexibility index (Phi) is 43.9. The van der Waals surface area contributed by atoms with Crippen LogP contribution in [0.15, 0.2) is 36.5 Å². The Labute approximate surface area is 367 Å². The van der Waals surface area contributed by atoms with E-state index in [9.17, 15) is 19.0 Å². The number of hydrogen-bond donors (Lipinski definition) is 3. The fraction of sp³-hybridized carbons (Fsp3) is 0.837. The van der Waals surface area contributed by atoms with Crippen LogP contribution in [0.25, 0.3) is 0 Å². The predicted molar refractivity (Wildman–Crippen MR) is 249 cm³/mol. The average molecular weight is 870 g/mol. The number of rotatable bonds is 47. The lowest BCUT2D eigenvalue weighted by molar-refractivity contribution is -0.154. The molecule has 0 spiro atoms. The molecule has 352 valence electrons. The van der Waals surface area contributed by atoms with E-state index in [1.54, 1.807) is 0 Å². The summed E-state index contributed by atoms with van der Waals surface area (Å²) >= 11 is 0. The van der Waals surface area contributed by atoms with Crippen LogP contribution in [-0.4, -0.2) is 60.5 Å². The third-order valence-corrected chi connectivity index (χ3v) is 11.6.